The van der Waals surface area contributed by atoms with Crippen molar-refractivity contribution in [3.8, 4) is 11.1 Å². The van der Waals surface area contributed by atoms with Crippen LogP contribution in [0.5, 0.6) is 0 Å². The SMILES string of the molecule is CNC(=O)C1CCCN(c2ccc(-c3cc(F)c(F)cc3F)cc2Cc2cnc3c(N)nccn23)C1N. The molecule has 37 heavy (non-hydrogen) atoms. The molecule has 1 fully saturated rings. The smallest absolute Gasteiger partial charge is 0.226 e. The van der Waals surface area contributed by atoms with E-state index in [2.05, 4.69) is 15.3 Å². The lowest BCUT2D eigenvalue weighted by Crippen LogP contribution is -2.55. The Hall–Kier alpha value is -4.12. The molecule has 4 aromatic rings. The summed E-state index contributed by atoms with van der Waals surface area (Å²) >= 11 is 0. The fourth-order valence-corrected chi connectivity index (χ4v) is 5.01. The molecule has 11 heteroatoms. The molecule has 8 nitrogen and oxygen atoms in total. The minimum absolute atomic E-state index is 0.0653. The predicted molar refractivity (Wildman–Crippen MR) is 134 cm³/mol. The summed E-state index contributed by atoms with van der Waals surface area (Å²) in [6, 6.07) is 6.52. The quantitative estimate of drug-likeness (QED) is 0.356. The third-order valence-electron chi connectivity index (χ3n) is 6.88. The Kier molecular flexibility index (Phi) is 6.46. The van der Waals surface area contributed by atoms with E-state index >= 15 is 0 Å². The average molecular weight is 510 g/mol. The van der Waals surface area contributed by atoms with Crippen molar-refractivity contribution in [2.24, 2.45) is 11.7 Å². The van der Waals surface area contributed by atoms with Crippen molar-refractivity contribution in [2.75, 3.05) is 24.2 Å². The van der Waals surface area contributed by atoms with Crippen molar-refractivity contribution in [1.82, 2.24) is 19.7 Å². The number of fused-ring (bicyclic) bond motifs is 1. The first-order valence-electron chi connectivity index (χ1n) is 11.9. The molecule has 1 aliphatic heterocycles. The summed E-state index contributed by atoms with van der Waals surface area (Å²) in [6.45, 7) is 0.616. The van der Waals surface area contributed by atoms with E-state index in [0.29, 0.717) is 36.7 Å². The summed E-state index contributed by atoms with van der Waals surface area (Å²) in [5.74, 6) is -3.54. The highest BCUT2D eigenvalue weighted by Crippen LogP contribution is 2.35. The number of carbonyl (C=O) groups excluding carboxylic acids is 1. The molecule has 1 amide bonds. The average Bonchev–Trinajstić information content (AvgIpc) is 3.30. The molecule has 2 aromatic heterocycles. The fourth-order valence-electron chi connectivity index (χ4n) is 5.01. The van der Waals surface area contributed by atoms with E-state index < -0.39 is 29.5 Å². The lowest BCUT2D eigenvalue weighted by molar-refractivity contribution is -0.125. The Labute approximate surface area is 211 Å². The van der Waals surface area contributed by atoms with Crippen LogP contribution in [0.2, 0.25) is 0 Å². The van der Waals surface area contributed by atoms with Gasteiger partial charge in [0.2, 0.25) is 5.91 Å². The number of piperidine rings is 1. The molecule has 3 heterocycles. The Morgan fingerprint density at radius 2 is 1.92 bits per heavy atom. The summed E-state index contributed by atoms with van der Waals surface area (Å²) < 4.78 is 44.0. The highest BCUT2D eigenvalue weighted by Gasteiger charge is 2.34. The number of rotatable bonds is 5. The normalized spacial score (nSPS) is 17.8. The number of nitrogen functional groups attached to an aromatic ring is 1. The molecule has 5 rings (SSSR count). The maximum atomic E-state index is 14.7. The predicted octanol–water partition coefficient (Wildman–Crippen LogP) is 3.23. The van der Waals surface area contributed by atoms with Crippen LogP contribution >= 0.6 is 0 Å². The van der Waals surface area contributed by atoms with Crippen molar-refractivity contribution < 1.29 is 18.0 Å². The molecule has 0 bridgehead atoms. The molecule has 2 aromatic carbocycles. The van der Waals surface area contributed by atoms with Gasteiger partial charge < -0.3 is 21.7 Å². The minimum Gasteiger partial charge on any atom is -0.381 e. The Bertz CT molecular complexity index is 1490. The van der Waals surface area contributed by atoms with Gasteiger partial charge in [-0.2, -0.15) is 0 Å². The third kappa shape index (κ3) is 4.46. The van der Waals surface area contributed by atoms with Gasteiger partial charge in [-0.25, -0.2) is 23.1 Å². The van der Waals surface area contributed by atoms with Crippen molar-refractivity contribution >= 4 is 23.1 Å². The van der Waals surface area contributed by atoms with Crippen LogP contribution in [0.25, 0.3) is 16.8 Å². The number of hydrogen-bond acceptors (Lipinski definition) is 6. The molecule has 0 saturated carbocycles. The number of nitrogens with zero attached hydrogens (tertiary/aromatic N) is 4. The van der Waals surface area contributed by atoms with Gasteiger partial charge in [0.05, 0.1) is 12.1 Å². The number of aromatic nitrogens is 3. The molecular formula is C26H26F3N7O. The van der Waals surface area contributed by atoms with Gasteiger partial charge in [0, 0.05) is 61.6 Å². The van der Waals surface area contributed by atoms with E-state index in [9.17, 15) is 18.0 Å². The molecule has 0 spiro atoms. The molecule has 5 N–H and O–H groups in total. The number of imidazole rings is 1. The summed E-state index contributed by atoms with van der Waals surface area (Å²) in [6.07, 6.45) is 6.14. The van der Waals surface area contributed by atoms with Gasteiger partial charge in [-0.15, -0.1) is 0 Å². The Balaban J connectivity index is 1.62. The lowest BCUT2D eigenvalue weighted by atomic mass is 9.91. The second-order valence-corrected chi connectivity index (χ2v) is 9.07. The molecule has 0 radical (unpaired) electrons. The number of nitrogens with two attached hydrogens (primary N) is 2. The van der Waals surface area contributed by atoms with Gasteiger partial charge in [0.15, 0.2) is 23.1 Å². The highest BCUT2D eigenvalue weighted by molar-refractivity contribution is 5.80. The molecular weight excluding hydrogens is 483 g/mol. The first-order chi connectivity index (χ1) is 17.8. The molecule has 1 saturated heterocycles. The summed E-state index contributed by atoms with van der Waals surface area (Å²) in [5, 5.41) is 2.68. The van der Waals surface area contributed by atoms with E-state index in [1.807, 2.05) is 4.90 Å². The number of nitrogens with one attached hydrogen (secondary N) is 1. The van der Waals surface area contributed by atoms with Crippen LogP contribution < -0.4 is 21.7 Å². The van der Waals surface area contributed by atoms with Crippen LogP contribution in [0.15, 0.2) is 48.9 Å². The monoisotopic (exact) mass is 509 g/mol. The number of anilines is 2. The molecule has 1 aliphatic rings. The van der Waals surface area contributed by atoms with Crippen LogP contribution in [0.1, 0.15) is 24.1 Å². The van der Waals surface area contributed by atoms with Crippen molar-refractivity contribution in [2.45, 2.75) is 25.4 Å². The number of hydrogen-bond donors (Lipinski definition) is 3. The Morgan fingerprint density at radius 3 is 2.70 bits per heavy atom. The molecule has 2 atom stereocenters. The van der Waals surface area contributed by atoms with Crippen molar-refractivity contribution in [3.63, 3.8) is 0 Å². The van der Waals surface area contributed by atoms with Crippen LogP contribution in [-0.2, 0) is 11.2 Å². The van der Waals surface area contributed by atoms with Gasteiger partial charge in [-0.05, 0) is 42.2 Å². The summed E-state index contributed by atoms with van der Waals surface area (Å²) in [7, 11) is 1.58. The van der Waals surface area contributed by atoms with E-state index in [1.54, 1.807) is 48.2 Å². The zero-order valence-electron chi connectivity index (χ0n) is 20.1. The zero-order valence-corrected chi connectivity index (χ0v) is 20.1. The van der Waals surface area contributed by atoms with Gasteiger partial charge in [0.1, 0.15) is 5.82 Å². The second kappa shape index (κ2) is 9.74. The Morgan fingerprint density at radius 1 is 1.14 bits per heavy atom. The fraction of sp³-hybridized carbons (Fsp3) is 0.269. The van der Waals surface area contributed by atoms with Crippen LogP contribution in [0.3, 0.4) is 0 Å². The highest BCUT2D eigenvalue weighted by atomic mass is 19.2. The van der Waals surface area contributed by atoms with Gasteiger partial charge >= 0.3 is 0 Å². The van der Waals surface area contributed by atoms with Gasteiger partial charge in [0.25, 0.3) is 0 Å². The van der Waals surface area contributed by atoms with E-state index in [-0.39, 0.29) is 17.3 Å². The maximum absolute atomic E-state index is 14.7. The number of amides is 1. The topological polar surface area (TPSA) is 115 Å². The van der Waals surface area contributed by atoms with Crippen LogP contribution in [-0.4, -0.2) is 40.0 Å². The van der Waals surface area contributed by atoms with E-state index in [0.717, 1.165) is 29.4 Å². The number of carbonyl (C=O) groups is 1. The molecule has 192 valence electrons. The first kappa shape index (κ1) is 24.6. The molecule has 2 unspecified atom stereocenters. The van der Waals surface area contributed by atoms with E-state index in [1.165, 1.54) is 0 Å². The van der Waals surface area contributed by atoms with Crippen molar-refractivity contribution in [1.29, 1.82) is 0 Å². The van der Waals surface area contributed by atoms with Crippen LogP contribution in [0.4, 0.5) is 24.7 Å². The zero-order chi connectivity index (χ0) is 26.3. The minimum atomic E-state index is -1.26. The summed E-state index contributed by atoms with van der Waals surface area (Å²) in [5.41, 5.74) is 15.6. The largest absolute Gasteiger partial charge is 0.381 e. The third-order valence-corrected chi connectivity index (χ3v) is 6.88. The maximum Gasteiger partial charge on any atom is 0.226 e. The van der Waals surface area contributed by atoms with E-state index in [4.69, 9.17) is 11.5 Å². The second-order valence-electron chi connectivity index (χ2n) is 9.07. The van der Waals surface area contributed by atoms with Crippen LogP contribution in [0, 0.1) is 23.4 Å². The first-order valence-corrected chi connectivity index (χ1v) is 11.9. The van der Waals surface area contributed by atoms with Gasteiger partial charge in [-0.1, -0.05) is 6.07 Å². The lowest BCUT2D eigenvalue weighted by Gasteiger charge is -2.40. The number of halogens is 3. The van der Waals surface area contributed by atoms with Gasteiger partial charge in [-0.3, -0.25) is 9.20 Å². The summed E-state index contributed by atoms with van der Waals surface area (Å²) in [4.78, 5) is 22.8. The number of benzene rings is 2. The van der Waals surface area contributed by atoms with Crippen molar-refractivity contribution in [3.05, 3.63) is 77.6 Å². The standard InChI is InChI=1S/C26H26F3N7O/c1-32-26(37)17-3-2-7-36(24(17)31)22-5-4-14(18-11-20(28)21(29)12-19(18)27)9-15(22)10-16-13-34-25-23(30)33-6-8-35(16)25/h4-6,8-9,11-13,17,24H,2-3,7,10,31H2,1H3,(H2,30,33)(H,32,37). The molecule has 0 aliphatic carbocycles.